The predicted molar refractivity (Wildman–Crippen MR) is 60.8 cm³/mol. The normalized spacial score (nSPS) is 10.9. The lowest BCUT2D eigenvalue weighted by Gasteiger charge is -2.06. The smallest absolute Gasteiger partial charge is 0.119 e. The SMILES string of the molecule is COc1cc(C)c(Cl)c(/C=C/CN)c1. The van der Waals surface area contributed by atoms with Gasteiger partial charge in [-0.3, -0.25) is 0 Å². The van der Waals surface area contributed by atoms with Gasteiger partial charge < -0.3 is 10.5 Å². The van der Waals surface area contributed by atoms with Crippen LogP contribution in [0.5, 0.6) is 5.75 Å². The van der Waals surface area contributed by atoms with Gasteiger partial charge in [0.05, 0.1) is 12.1 Å². The van der Waals surface area contributed by atoms with E-state index in [1.165, 1.54) is 0 Å². The van der Waals surface area contributed by atoms with Crippen molar-refractivity contribution in [3.8, 4) is 5.75 Å². The maximum absolute atomic E-state index is 6.11. The largest absolute Gasteiger partial charge is 0.497 e. The first-order valence-electron chi connectivity index (χ1n) is 4.39. The monoisotopic (exact) mass is 211 g/mol. The van der Waals surface area contributed by atoms with Crippen LogP contribution < -0.4 is 10.5 Å². The molecule has 0 atom stereocenters. The van der Waals surface area contributed by atoms with Gasteiger partial charge in [-0.25, -0.2) is 0 Å². The van der Waals surface area contributed by atoms with Crippen LogP contribution in [0.3, 0.4) is 0 Å². The summed E-state index contributed by atoms with van der Waals surface area (Å²) in [5.74, 6) is 0.809. The number of ether oxygens (including phenoxy) is 1. The van der Waals surface area contributed by atoms with Crippen LogP contribution >= 0.6 is 11.6 Å². The fraction of sp³-hybridized carbons (Fsp3) is 0.273. The lowest BCUT2D eigenvalue weighted by Crippen LogP contribution is -1.93. The van der Waals surface area contributed by atoms with Crippen molar-refractivity contribution in [3.05, 3.63) is 34.4 Å². The third-order valence-corrected chi connectivity index (χ3v) is 2.44. The Morgan fingerprint density at radius 3 is 2.79 bits per heavy atom. The van der Waals surface area contributed by atoms with Crippen LogP contribution in [0.15, 0.2) is 18.2 Å². The third kappa shape index (κ3) is 2.50. The number of halogens is 1. The van der Waals surface area contributed by atoms with E-state index < -0.39 is 0 Å². The van der Waals surface area contributed by atoms with E-state index in [1.807, 2.05) is 31.2 Å². The Morgan fingerprint density at radius 1 is 1.50 bits per heavy atom. The molecule has 0 fully saturated rings. The van der Waals surface area contributed by atoms with Crippen LogP contribution in [0.4, 0.5) is 0 Å². The first kappa shape index (κ1) is 11.1. The summed E-state index contributed by atoms with van der Waals surface area (Å²) < 4.78 is 5.15. The molecule has 0 saturated carbocycles. The number of hydrogen-bond acceptors (Lipinski definition) is 2. The van der Waals surface area contributed by atoms with Crippen LogP contribution in [-0.2, 0) is 0 Å². The number of aryl methyl sites for hydroxylation is 1. The van der Waals surface area contributed by atoms with E-state index in [9.17, 15) is 0 Å². The average molecular weight is 212 g/mol. The summed E-state index contributed by atoms with van der Waals surface area (Å²) in [7, 11) is 1.64. The van der Waals surface area contributed by atoms with Crippen LogP contribution in [0.1, 0.15) is 11.1 Å². The molecular weight excluding hydrogens is 198 g/mol. The highest BCUT2D eigenvalue weighted by atomic mass is 35.5. The Bertz CT molecular complexity index is 347. The molecule has 0 aliphatic heterocycles. The minimum atomic E-state index is 0.507. The molecule has 14 heavy (non-hydrogen) atoms. The highest BCUT2D eigenvalue weighted by molar-refractivity contribution is 6.32. The molecule has 0 aliphatic carbocycles. The zero-order chi connectivity index (χ0) is 10.6. The van der Waals surface area contributed by atoms with Crippen molar-refractivity contribution < 1.29 is 4.74 Å². The van der Waals surface area contributed by atoms with Crippen LogP contribution in [0.2, 0.25) is 5.02 Å². The number of benzene rings is 1. The van der Waals surface area contributed by atoms with Gasteiger partial charge in [0, 0.05) is 6.54 Å². The summed E-state index contributed by atoms with van der Waals surface area (Å²) in [5, 5.41) is 0.746. The first-order valence-corrected chi connectivity index (χ1v) is 4.77. The lowest BCUT2D eigenvalue weighted by atomic mass is 10.1. The molecule has 0 saturated heterocycles. The molecule has 1 aromatic carbocycles. The van der Waals surface area contributed by atoms with Crippen LogP contribution in [0.25, 0.3) is 6.08 Å². The van der Waals surface area contributed by atoms with Gasteiger partial charge in [0.25, 0.3) is 0 Å². The van der Waals surface area contributed by atoms with Crippen molar-refractivity contribution in [3.63, 3.8) is 0 Å². The number of hydrogen-bond donors (Lipinski definition) is 1. The molecule has 3 heteroatoms. The third-order valence-electron chi connectivity index (χ3n) is 1.93. The van der Waals surface area contributed by atoms with Gasteiger partial charge in [0.1, 0.15) is 5.75 Å². The number of rotatable bonds is 3. The Morgan fingerprint density at radius 2 is 2.21 bits per heavy atom. The van der Waals surface area contributed by atoms with Gasteiger partial charge in [0.2, 0.25) is 0 Å². The highest BCUT2D eigenvalue weighted by Gasteiger charge is 2.03. The van der Waals surface area contributed by atoms with Crippen molar-refractivity contribution in [2.45, 2.75) is 6.92 Å². The Hall–Kier alpha value is -0.990. The van der Waals surface area contributed by atoms with Gasteiger partial charge in [-0.15, -0.1) is 0 Å². The van der Waals surface area contributed by atoms with E-state index in [1.54, 1.807) is 7.11 Å². The van der Waals surface area contributed by atoms with Gasteiger partial charge in [-0.2, -0.15) is 0 Å². The van der Waals surface area contributed by atoms with E-state index in [2.05, 4.69) is 0 Å². The lowest BCUT2D eigenvalue weighted by molar-refractivity contribution is 0.414. The zero-order valence-corrected chi connectivity index (χ0v) is 9.14. The summed E-state index contributed by atoms with van der Waals surface area (Å²) in [5.41, 5.74) is 7.32. The molecule has 76 valence electrons. The molecule has 0 radical (unpaired) electrons. The molecule has 0 amide bonds. The standard InChI is InChI=1S/C11H14ClNO/c1-8-6-10(14-2)7-9(11(8)12)4-3-5-13/h3-4,6-7H,5,13H2,1-2H3/b4-3+. The minimum absolute atomic E-state index is 0.507. The molecule has 2 N–H and O–H groups in total. The molecule has 0 spiro atoms. The van der Waals surface area contributed by atoms with Crippen molar-refractivity contribution >= 4 is 17.7 Å². The highest BCUT2D eigenvalue weighted by Crippen LogP contribution is 2.27. The molecule has 0 aromatic heterocycles. The molecule has 1 aromatic rings. The zero-order valence-electron chi connectivity index (χ0n) is 8.38. The molecular formula is C11H14ClNO. The van der Waals surface area contributed by atoms with Gasteiger partial charge in [-0.1, -0.05) is 23.8 Å². The van der Waals surface area contributed by atoms with Gasteiger partial charge in [-0.05, 0) is 30.2 Å². The van der Waals surface area contributed by atoms with Gasteiger partial charge >= 0.3 is 0 Å². The average Bonchev–Trinajstić information content (AvgIpc) is 2.20. The molecule has 0 aliphatic rings. The summed E-state index contributed by atoms with van der Waals surface area (Å²) in [6.07, 6.45) is 3.76. The number of nitrogens with two attached hydrogens (primary N) is 1. The Balaban J connectivity index is 3.13. The Labute approximate surface area is 89.3 Å². The summed E-state index contributed by atoms with van der Waals surface area (Å²) in [6, 6.07) is 3.80. The second kappa shape index (κ2) is 5.03. The molecule has 1 rings (SSSR count). The second-order valence-corrected chi connectivity index (χ2v) is 3.36. The quantitative estimate of drug-likeness (QED) is 0.834. The van der Waals surface area contributed by atoms with Crippen molar-refractivity contribution in [2.75, 3.05) is 13.7 Å². The molecule has 0 heterocycles. The van der Waals surface area contributed by atoms with E-state index in [0.29, 0.717) is 6.54 Å². The first-order chi connectivity index (χ1) is 6.69. The van der Waals surface area contributed by atoms with E-state index in [-0.39, 0.29) is 0 Å². The topological polar surface area (TPSA) is 35.2 Å². The van der Waals surface area contributed by atoms with E-state index in [4.69, 9.17) is 22.1 Å². The summed E-state index contributed by atoms with van der Waals surface area (Å²) >= 11 is 6.11. The fourth-order valence-electron chi connectivity index (χ4n) is 1.20. The maximum Gasteiger partial charge on any atom is 0.119 e. The minimum Gasteiger partial charge on any atom is -0.497 e. The predicted octanol–water partition coefficient (Wildman–Crippen LogP) is 2.63. The second-order valence-electron chi connectivity index (χ2n) is 2.99. The summed E-state index contributed by atoms with van der Waals surface area (Å²) in [4.78, 5) is 0. The molecule has 0 bridgehead atoms. The molecule has 0 unspecified atom stereocenters. The van der Waals surface area contributed by atoms with Crippen molar-refractivity contribution in [1.82, 2.24) is 0 Å². The van der Waals surface area contributed by atoms with Crippen molar-refractivity contribution in [2.24, 2.45) is 5.73 Å². The van der Waals surface area contributed by atoms with Crippen LogP contribution in [-0.4, -0.2) is 13.7 Å². The van der Waals surface area contributed by atoms with Crippen LogP contribution in [0, 0.1) is 6.92 Å². The fourth-order valence-corrected chi connectivity index (χ4v) is 1.37. The maximum atomic E-state index is 6.11. The van der Waals surface area contributed by atoms with Gasteiger partial charge in [0.15, 0.2) is 0 Å². The van der Waals surface area contributed by atoms with Crippen molar-refractivity contribution in [1.29, 1.82) is 0 Å². The Kier molecular flexibility index (Phi) is 3.98. The van der Waals surface area contributed by atoms with E-state index >= 15 is 0 Å². The summed E-state index contributed by atoms with van der Waals surface area (Å²) in [6.45, 7) is 2.46. The number of methoxy groups -OCH3 is 1. The molecule has 2 nitrogen and oxygen atoms in total. The van der Waals surface area contributed by atoms with E-state index in [0.717, 1.165) is 21.9 Å².